The van der Waals surface area contributed by atoms with E-state index in [2.05, 4.69) is 40.7 Å². The average molecular weight is 463 g/mol. The number of carbonyl (C=O) groups excluding carboxylic acids is 1. The molecule has 0 bridgehead atoms. The van der Waals surface area contributed by atoms with Gasteiger partial charge < -0.3 is 4.74 Å². The Bertz CT molecular complexity index is 714. The van der Waals surface area contributed by atoms with E-state index in [4.69, 9.17) is 16.3 Å². The Labute approximate surface area is 202 Å². The lowest BCUT2D eigenvalue weighted by Gasteiger charge is -2.58. The second-order valence-electron chi connectivity index (χ2n) is 12.8. The van der Waals surface area contributed by atoms with Crippen LogP contribution in [0.15, 0.2) is 11.6 Å². The molecule has 182 valence electrons. The van der Waals surface area contributed by atoms with Gasteiger partial charge in [-0.3, -0.25) is 4.79 Å². The lowest BCUT2D eigenvalue weighted by Crippen LogP contribution is -2.51. The minimum atomic E-state index is -0.262. The summed E-state index contributed by atoms with van der Waals surface area (Å²) in [5.41, 5.74) is 2.44. The van der Waals surface area contributed by atoms with Crippen molar-refractivity contribution in [3.63, 3.8) is 0 Å². The van der Waals surface area contributed by atoms with Crippen molar-refractivity contribution in [1.82, 2.24) is 0 Å². The van der Waals surface area contributed by atoms with E-state index in [9.17, 15) is 4.79 Å². The molecule has 0 saturated heterocycles. The maximum absolute atomic E-state index is 11.7. The van der Waals surface area contributed by atoms with E-state index in [1.165, 1.54) is 57.8 Å². The van der Waals surface area contributed by atoms with Crippen LogP contribution in [0, 0.1) is 46.3 Å². The maximum atomic E-state index is 11.7. The van der Waals surface area contributed by atoms with Crippen molar-refractivity contribution < 1.29 is 9.53 Å². The molecule has 0 spiro atoms. The SMILES string of the molecule is CC(C)CCC[C@H](C)[C@@H]1CC[C@@H]2[C@@H]3CC=C4C[C@@H](OC(=O)CCl)CC[C@]4(C)[C@H]3CC[C@@]21C. The molecule has 32 heavy (non-hydrogen) atoms. The number of rotatable bonds is 7. The maximum Gasteiger partial charge on any atom is 0.321 e. The zero-order valence-electron chi connectivity index (χ0n) is 21.3. The Morgan fingerprint density at radius 1 is 1.09 bits per heavy atom. The monoisotopic (exact) mass is 462 g/mol. The molecule has 0 aromatic heterocycles. The van der Waals surface area contributed by atoms with Crippen LogP contribution in [0.1, 0.15) is 105 Å². The Morgan fingerprint density at radius 2 is 1.88 bits per heavy atom. The first kappa shape index (κ1) is 24.6. The Hall–Kier alpha value is -0.500. The van der Waals surface area contributed by atoms with E-state index < -0.39 is 0 Å². The number of fused-ring (bicyclic) bond motifs is 5. The van der Waals surface area contributed by atoms with Crippen molar-refractivity contribution in [1.29, 1.82) is 0 Å². The summed E-state index contributed by atoms with van der Waals surface area (Å²) in [5.74, 6) is 4.92. The van der Waals surface area contributed by atoms with E-state index in [-0.39, 0.29) is 18.0 Å². The standard InChI is InChI=1S/C29H47ClO2/c1-19(2)7-6-8-20(3)24-11-12-25-23-10-9-21-17-22(32-27(31)18-30)13-15-28(21,4)26(23)14-16-29(24,25)5/h9,19-20,22-26H,6-8,10-18H2,1-5H3/t20-,22-,23-,24-,25+,26-,28-,29+/m0/s1. The smallest absolute Gasteiger partial charge is 0.321 e. The molecule has 2 nitrogen and oxygen atoms in total. The molecule has 8 atom stereocenters. The molecule has 3 fully saturated rings. The van der Waals surface area contributed by atoms with Crippen molar-refractivity contribution in [2.75, 3.05) is 5.88 Å². The predicted octanol–water partition coefficient (Wildman–Crippen LogP) is 8.18. The minimum Gasteiger partial charge on any atom is -0.461 e. The largest absolute Gasteiger partial charge is 0.461 e. The summed E-state index contributed by atoms with van der Waals surface area (Å²) in [4.78, 5) is 11.7. The number of halogens is 1. The van der Waals surface area contributed by atoms with Gasteiger partial charge in [0, 0.05) is 6.42 Å². The molecule has 3 heteroatoms. The van der Waals surface area contributed by atoms with Crippen molar-refractivity contribution >= 4 is 17.6 Å². The number of ether oxygens (including phenoxy) is 1. The molecule has 0 aromatic rings. The van der Waals surface area contributed by atoms with Crippen molar-refractivity contribution in [2.24, 2.45) is 46.3 Å². The third-order valence-electron chi connectivity index (χ3n) is 10.7. The molecule has 3 saturated carbocycles. The van der Waals surface area contributed by atoms with Crippen LogP contribution in [0.25, 0.3) is 0 Å². The van der Waals surface area contributed by atoms with Gasteiger partial charge in [-0.15, -0.1) is 11.6 Å². The molecular weight excluding hydrogens is 416 g/mol. The van der Waals surface area contributed by atoms with Crippen molar-refractivity contribution in [3.8, 4) is 0 Å². The molecule has 0 N–H and O–H groups in total. The second-order valence-corrected chi connectivity index (χ2v) is 13.0. The summed E-state index contributed by atoms with van der Waals surface area (Å²) in [6.07, 6.45) is 16.9. The Balaban J connectivity index is 1.45. The van der Waals surface area contributed by atoms with Gasteiger partial charge in [0.15, 0.2) is 0 Å². The highest BCUT2D eigenvalue weighted by Gasteiger charge is 2.59. The molecule has 4 aliphatic rings. The van der Waals surface area contributed by atoms with Gasteiger partial charge in [0.2, 0.25) is 0 Å². The zero-order chi connectivity index (χ0) is 23.1. The first-order chi connectivity index (χ1) is 15.2. The van der Waals surface area contributed by atoms with Crippen molar-refractivity contribution in [2.45, 2.75) is 111 Å². The van der Waals surface area contributed by atoms with Crippen LogP contribution in [0.5, 0.6) is 0 Å². The van der Waals surface area contributed by atoms with Gasteiger partial charge in [0.05, 0.1) is 0 Å². The summed E-state index contributed by atoms with van der Waals surface area (Å²) in [7, 11) is 0. The molecule has 4 rings (SSSR count). The fourth-order valence-electron chi connectivity index (χ4n) is 8.97. The van der Waals surface area contributed by atoms with Gasteiger partial charge in [-0.2, -0.15) is 0 Å². The number of carbonyl (C=O) groups is 1. The van der Waals surface area contributed by atoms with E-state index in [0.717, 1.165) is 48.3 Å². The highest BCUT2D eigenvalue weighted by Crippen LogP contribution is 2.67. The van der Waals surface area contributed by atoms with Crippen LogP contribution < -0.4 is 0 Å². The van der Waals surface area contributed by atoms with Gasteiger partial charge in [-0.25, -0.2) is 0 Å². The number of alkyl halides is 1. The molecule has 0 amide bonds. The molecule has 0 aromatic carbocycles. The normalized spacial score (nSPS) is 42.0. The topological polar surface area (TPSA) is 26.3 Å². The first-order valence-electron chi connectivity index (χ1n) is 13.6. The van der Waals surface area contributed by atoms with Crippen LogP contribution in [-0.2, 0) is 9.53 Å². The quantitative estimate of drug-likeness (QED) is 0.216. The van der Waals surface area contributed by atoms with Crippen molar-refractivity contribution in [3.05, 3.63) is 11.6 Å². The van der Waals surface area contributed by atoms with Crippen LogP contribution >= 0.6 is 11.6 Å². The molecule has 4 aliphatic carbocycles. The zero-order valence-corrected chi connectivity index (χ0v) is 22.1. The van der Waals surface area contributed by atoms with Crippen LogP contribution in [0.3, 0.4) is 0 Å². The third kappa shape index (κ3) is 4.44. The second kappa shape index (κ2) is 9.63. The Kier molecular flexibility index (Phi) is 7.41. The Morgan fingerprint density at radius 3 is 2.59 bits per heavy atom. The molecule has 0 radical (unpaired) electrons. The summed E-state index contributed by atoms with van der Waals surface area (Å²) >= 11 is 5.68. The number of hydrogen-bond acceptors (Lipinski definition) is 2. The summed E-state index contributed by atoms with van der Waals surface area (Å²) in [6.45, 7) is 12.5. The lowest BCUT2D eigenvalue weighted by atomic mass is 9.47. The number of esters is 1. The molecule has 0 unspecified atom stereocenters. The molecule has 0 heterocycles. The number of allylic oxidation sites excluding steroid dienone is 1. The first-order valence-corrected chi connectivity index (χ1v) is 14.2. The van der Waals surface area contributed by atoms with Crippen LogP contribution in [0.2, 0.25) is 0 Å². The summed E-state index contributed by atoms with van der Waals surface area (Å²) in [6, 6.07) is 0. The number of hydrogen-bond donors (Lipinski definition) is 0. The van der Waals surface area contributed by atoms with Gasteiger partial charge in [0.25, 0.3) is 0 Å². The fourth-order valence-corrected chi connectivity index (χ4v) is 9.03. The van der Waals surface area contributed by atoms with Crippen LogP contribution in [-0.4, -0.2) is 18.0 Å². The summed E-state index contributed by atoms with van der Waals surface area (Å²) < 4.78 is 5.63. The lowest BCUT2D eigenvalue weighted by molar-refractivity contribution is -0.148. The van der Waals surface area contributed by atoms with Gasteiger partial charge in [-0.1, -0.05) is 65.5 Å². The van der Waals surface area contributed by atoms with E-state index >= 15 is 0 Å². The van der Waals surface area contributed by atoms with Gasteiger partial charge in [-0.05, 0) is 91.3 Å². The highest BCUT2D eigenvalue weighted by atomic mass is 35.5. The predicted molar refractivity (Wildman–Crippen MR) is 134 cm³/mol. The third-order valence-corrected chi connectivity index (χ3v) is 10.9. The van der Waals surface area contributed by atoms with Crippen LogP contribution in [0.4, 0.5) is 0 Å². The summed E-state index contributed by atoms with van der Waals surface area (Å²) in [5, 5.41) is 0. The van der Waals surface area contributed by atoms with E-state index in [0.29, 0.717) is 10.8 Å². The fraction of sp³-hybridized carbons (Fsp3) is 0.897. The van der Waals surface area contributed by atoms with Gasteiger partial charge >= 0.3 is 5.97 Å². The van der Waals surface area contributed by atoms with E-state index in [1.54, 1.807) is 5.57 Å². The molecular formula is C29H47ClO2. The van der Waals surface area contributed by atoms with Gasteiger partial charge in [0.1, 0.15) is 12.0 Å². The van der Waals surface area contributed by atoms with E-state index in [1.807, 2.05) is 0 Å². The minimum absolute atomic E-state index is 0.0329. The molecule has 0 aliphatic heterocycles. The average Bonchev–Trinajstić information content (AvgIpc) is 3.11. The highest BCUT2D eigenvalue weighted by molar-refractivity contribution is 6.26.